The molecule has 0 bridgehead atoms. The van der Waals surface area contributed by atoms with Gasteiger partial charge in [-0.05, 0) is 24.3 Å². The van der Waals surface area contributed by atoms with Crippen LogP contribution in [0.4, 0.5) is 24.5 Å². The molecule has 0 radical (unpaired) electrons. The fraction of sp³-hybridized carbons (Fsp3) is 0.0476. The van der Waals surface area contributed by atoms with Gasteiger partial charge < -0.3 is 10.4 Å². The molecule has 1 aliphatic rings. The van der Waals surface area contributed by atoms with Gasteiger partial charge in [0.2, 0.25) is 0 Å². The summed E-state index contributed by atoms with van der Waals surface area (Å²) >= 11 is 0. The number of allylic oxidation sites excluding steroid dienone is 4. The molecule has 0 heterocycles. The van der Waals surface area contributed by atoms with Crippen LogP contribution in [0.25, 0.3) is 5.76 Å². The minimum atomic E-state index is -4.78. The highest BCUT2D eigenvalue weighted by atomic mass is 19.4. The summed E-state index contributed by atoms with van der Waals surface area (Å²) in [4.78, 5) is 35.0. The Hall–Kier alpha value is -4.21. The molecule has 0 unspecified atom stereocenters. The Balaban J connectivity index is 2.07. The predicted octanol–water partition coefficient (Wildman–Crippen LogP) is 4.83. The Kier molecular flexibility index (Phi) is 5.73. The molecular weight excluding hydrogens is 417 g/mol. The van der Waals surface area contributed by atoms with E-state index >= 15 is 0 Å². The number of nitro benzene ring substituents is 1. The van der Waals surface area contributed by atoms with Crippen molar-refractivity contribution >= 4 is 28.7 Å². The molecule has 31 heavy (non-hydrogen) atoms. The standard InChI is InChI=1S/C21H13F3N2O5/c22-21(23,24)12-5-8-17(18(9-12)26(30)31)25-13-6-7-14(27)11-20(29)16-4-2-1-3-15(16)19(28)10-13/h1-11,25,29H/b7-6-,13-10-,20-11-. The van der Waals surface area contributed by atoms with Crippen molar-refractivity contribution in [3.8, 4) is 0 Å². The molecule has 2 aromatic rings. The van der Waals surface area contributed by atoms with Crippen LogP contribution in [0.15, 0.2) is 72.5 Å². The van der Waals surface area contributed by atoms with E-state index < -0.39 is 39.7 Å². The summed E-state index contributed by atoms with van der Waals surface area (Å²) < 4.78 is 38.7. The molecule has 158 valence electrons. The molecule has 0 amide bonds. The molecule has 1 aliphatic carbocycles. The number of rotatable bonds is 3. The van der Waals surface area contributed by atoms with Crippen LogP contribution in [0.5, 0.6) is 0 Å². The van der Waals surface area contributed by atoms with E-state index in [1.165, 1.54) is 18.2 Å². The molecule has 7 nitrogen and oxygen atoms in total. The van der Waals surface area contributed by atoms with Crippen LogP contribution in [-0.2, 0) is 11.0 Å². The molecule has 3 rings (SSSR count). The number of hydrogen-bond donors (Lipinski definition) is 2. The quantitative estimate of drug-likeness (QED) is 0.533. The molecule has 0 aliphatic heterocycles. The molecule has 2 N–H and O–H groups in total. The first kappa shape index (κ1) is 21.5. The van der Waals surface area contributed by atoms with E-state index in [4.69, 9.17) is 0 Å². The number of halogens is 3. The maximum absolute atomic E-state index is 12.9. The molecule has 0 fully saturated rings. The lowest BCUT2D eigenvalue weighted by atomic mass is 9.99. The van der Waals surface area contributed by atoms with Crippen LogP contribution in [0.2, 0.25) is 0 Å². The van der Waals surface area contributed by atoms with Crippen LogP contribution in [-0.4, -0.2) is 21.6 Å². The number of alkyl halides is 3. The maximum atomic E-state index is 12.9. The zero-order valence-electron chi connectivity index (χ0n) is 15.5. The van der Waals surface area contributed by atoms with Gasteiger partial charge >= 0.3 is 6.18 Å². The number of benzene rings is 2. The third-order valence-electron chi connectivity index (χ3n) is 4.26. The van der Waals surface area contributed by atoms with Gasteiger partial charge in [0, 0.05) is 35.0 Å². The lowest BCUT2D eigenvalue weighted by Crippen LogP contribution is -2.09. The van der Waals surface area contributed by atoms with E-state index in [1.807, 2.05) is 0 Å². The number of nitrogens with one attached hydrogen (secondary N) is 1. The summed E-state index contributed by atoms with van der Waals surface area (Å²) in [6.45, 7) is 0. The van der Waals surface area contributed by atoms with Crippen LogP contribution in [0.1, 0.15) is 21.5 Å². The van der Waals surface area contributed by atoms with Crippen molar-refractivity contribution in [3.63, 3.8) is 0 Å². The summed E-state index contributed by atoms with van der Waals surface area (Å²) in [5.74, 6) is -1.66. The number of nitrogens with zero attached hydrogens (tertiary/aromatic N) is 1. The highest BCUT2D eigenvalue weighted by Gasteiger charge is 2.33. The SMILES string of the molecule is O=C1/C=C\C(Nc2ccc(C(F)(F)F)cc2[N+](=O)[O-])=C\C(=O)c2ccccc2/C(O)=C/1. The Morgan fingerprint density at radius 1 is 0.968 bits per heavy atom. The van der Waals surface area contributed by atoms with Crippen molar-refractivity contribution in [1.29, 1.82) is 0 Å². The maximum Gasteiger partial charge on any atom is 0.416 e. The van der Waals surface area contributed by atoms with Gasteiger partial charge in [-0.15, -0.1) is 0 Å². The number of fused-ring (bicyclic) bond motifs is 1. The highest BCUT2D eigenvalue weighted by molar-refractivity contribution is 6.11. The predicted molar refractivity (Wildman–Crippen MR) is 105 cm³/mol. The fourth-order valence-corrected chi connectivity index (χ4v) is 2.82. The van der Waals surface area contributed by atoms with Gasteiger partial charge in [0.15, 0.2) is 11.6 Å². The average Bonchev–Trinajstić information content (AvgIpc) is 2.70. The highest BCUT2D eigenvalue weighted by Crippen LogP contribution is 2.35. The second-order valence-corrected chi connectivity index (χ2v) is 6.39. The van der Waals surface area contributed by atoms with Gasteiger partial charge in [0.1, 0.15) is 11.4 Å². The third kappa shape index (κ3) is 4.86. The number of hydrogen-bond acceptors (Lipinski definition) is 6. The normalized spacial score (nSPS) is 18.8. The van der Waals surface area contributed by atoms with Crippen LogP contribution in [0.3, 0.4) is 0 Å². The van der Waals surface area contributed by atoms with Gasteiger partial charge in [-0.2, -0.15) is 13.2 Å². The monoisotopic (exact) mass is 430 g/mol. The second kappa shape index (κ2) is 8.27. The Labute approximate surface area is 173 Å². The van der Waals surface area contributed by atoms with Crippen LogP contribution in [0, 0.1) is 10.1 Å². The molecule has 0 atom stereocenters. The van der Waals surface area contributed by atoms with E-state index in [0.29, 0.717) is 12.1 Å². The molecule has 2 aromatic carbocycles. The van der Waals surface area contributed by atoms with E-state index in [2.05, 4.69) is 5.32 Å². The van der Waals surface area contributed by atoms with Crippen molar-refractivity contribution in [3.05, 3.63) is 99.3 Å². The van der Waals surface area contributed by atoms with Gasteiger partial charge in [-0.1, -0.05) is 24.3 Å². The van der Waals surface area contributed by atoms with Crippen molar-refractivity contribution in [2.75, 3.05) is 5.32 Å². The Morgan fingerprint density at radius 3 is 2.29 bits per heavy atom. The minimum absolute atomic E-state index is 0.0561. The largest absolute Gasteiger partial charge is 0.507 e. The minimum Gasteiger partial charge on any atom is -0.507 e. The first-order valence-electron chi connectivity index (χ1n) is 8.67. The Bertz CT molecular complexity index is 1180. The summed E-state index contributed by atoms with van der Waals surface area (Å²) in [6.07, 6.45) is -0.750. The van der Waals surface area contributed by atoms with Crippen LogP contribution >= 0.6 is 0 Å². The number of aliphatic hydroxyl groups excluding tert-OH is 1. The van der Waals surface area contributed by atoms with Gasteiger partial charge in [0.05, 0.1) is 10.5 Å². The van der Waals surface area contributed by atoms with Crippen LogP contribution < -0.4 is 5.32 Å². The smallest absolute Gasteiger partial charge is 0.416 e. The van der Waals surface area contributed by atoms with Gasteiger partial charge in [-0.25, -0.2) is 0 Å². The van der Waals surface area contributed by atoms with E-state index in [9.17, 15) is 38.0 Å². The van der Waals surface area contributed by atoms with Crippen molar-refractivity contribution in [2.45, 2.75) is 6.18 Å². The van der Waals surface area contributed by atoms with E-state index in [-0.39, 0.29) is 22.5 Å². The third-order valence-corrected chi connectivity index (χ3v) is 4.26. The van der Waals surface area contributed by atoms with Crippen molar-refractivity contribution in [1.82, 2.24) is 0 Å². The molecule has 0 spiro atoms. The summed E-state index contributed by atoms with van der Waals surface area (Å²) in [7, 11) is 0. The second-order valence-electron chi connectivity index (χ2n) is 6.39. The number of aliphatic hydroxyl groups is 1. The van der Waals surface area contributed by atoms with E-state index in [0.717, 1.165) is 30.4 Å². The number of carbonyl (C=O) groups is 2. The first-order valence-corrected chi connectivity index (χ1v) is 8.67. The van der Waals surface area contributed by atoms with Gasteiger partial charge in [0.25, 0.3) is 5.69 Å². The number of carbonyl (C=O) groups excluding carboxylic acids is 2. The molecule has 0 saturated carbocycles. The van der Waals surface area contributed by atoms with Crippen molar-refractivity contribution < 1.29 is 32.8 Å². The number of anilines is 1. The average molecular weight is 430 g/mol. The van der Waals surface area contributed by atoms with Gasteiger partial charge in [-0.3, -0.25) is 19.7 Å². The topological polar surface area (TPSA) is 110 Å². The number of nitro groups is 1. The first-order chi connectivity index (χ1) is 14.6. The zero-order chi connectivity index (χ0) is 22.8. The lowest BCUT2D eigenvalue weighted by Gasteiger charge is -2.12. The number of ketones is 2. The molecular formula is C21H13F3N2O5. The molecule has 0 aromatic heterocycles. The summed E-state index contributed by atoms with van der Waals surface area (Å²) in [5.41, 5.74) is -2.30. The van der Waals surface area contributed by atoms with E-state index in [1.54, 1.807) is 6.07 Å². The summed E-state index contributed by atoms with van der Waals surface area (Å²) in [5, 5.41) is 23.9. The Morgan fingerprint density at radius 2 is 1.65 bits per heavy atom. The fourth-order valence-electron chi connectivity index (χ4n) is 2.82. The van der Waals surface area contributed by atoms with Crippen molar-refractivity contribution in [2.24, 2.45) is 0 Å². The molecule has 0 saturated heterocycles. The summed E-state index contributed by atoms with van der Waals surface area (Å²) in [6, 6.07) is 7.82. The lowest BCUT2D eigenvalue weighted by molar-refractivity contribution is -0.384. The zero-order valence-corrected chi connectivity index (χ0v) is 15.5. The molecule has 10 heteroatoms.